The number of halogens is 2. The molecule has 0 aliphatic heterocycles. The van der Waals surface area contributed by atoms with Crippen molar-refractivity contribution in [3.05, 3.63) is 39.4 Å². The summed E-state index contributed by atoms with van der Waals surface area (Å²) in [5.41, 5.74) is -1.19. The van der Waals surface area contributed by atoms with Crippen molar-refractivity contribution in [3.63, 3.8) is 0 Å². The zero-order valence-electron chi connectivity index (χ0n) is 8.04. The number of aliphatic hydroxyl groups excluding tert-OH is 1. The van der Waals surface area contributed by atoms with Crippen molar-refractivity contribution in [2.45, 2.75) is 6.42 Å². The maximum atomic E-state index is 13.1. The molecule has 0 aliphatic rings. The molecule has 0 saturated heterocycles. The van der Waals surface area contributed by atoms with Gasteiger partial charge in [-0.15, -0.1) is 0 Å². The van der Waals surface area contributed by atoms with Crippen molar-refractivity contribution in [2.24, 2.45) is 0 Å². The Hall–Kier alpha value is -2.00. The number of nitro groups is 1. The van der Waals surface area contributed by atoms with Crippen LogP contribution in [0.25, 0.3) is 0 Å². The smallest absolute Gasteiger partial charge is 0.340 e. The van der Waals surface area contributed by atoms with E-state index in [1.165, 1.54) is 0 Å². The third-order valence-electron chi connectivity index (χ3n) is 1.67. The van der Waals surface area contributed by atoms with Crippen molar-refractivity contribution in [3.8, 4) is 11.8 Å². The van der Waals surface area contributed by atoms with E-state index in [0.29, 0.717) is 0 Å². The van der Waals surface area contributed by atoms with Crippen LogP contribution in [-0.4, -0.2) is 16.6 Å². The lowest BCUT2D eigenvalue weighted by atomic mass is 10.2. The highest BCUT2D eigenvalue weighted by atomic mass is 19.1. The van der Waals surface area contributed by atoms with E-state index in [1.807, 2.05) is 0 Å². The van der Waals surface area contributed by atoms with E-state index in [9.17, 15) is 18.9 Å². The molecule has 0 heterocycles. The van der Waals surface area contributed by atoms with Crippen LogP contribution in [0.4, 0.5) is 14.5 Å². The normalized spacial score (nSPS) is 9.44. The zero-order chi connectivity index (χ0) is 12.1. The van der Waals surface area contributed by atoms with Crippen LogP contribution >= 0.6 is 0 Å². The van der Waals surface area contributed by atoms with Gasteiger partial charge < -0.3 is 5.11 Å². The first-order valence-corrected chi connectivity index (χ1v) is 4.29. The summed E-state index contributed by atoms with van der Waals surface area (Å²) in [5, 5.41) is 18.7. The summed E-state index contributed by atoms with van der Waals surface area (Å²) in [6.45, 7) is -0.162. The van der Waals surface area contributed by atoms with Crippen LogP contribution in [0.5, 0.6) is 0 Å². The Labute approximate surface area is 89.7 Å². The summed E-state index contributed by atoms with van der Waals surface area (Å²) in [4.78, 5) is 9.14. The first-order chi connectivity index (χ1) is 7.56. The predicted octanol–water partition coefficient (Wildman–Crippen LogP) is 1.61. The molecule has 0 fully saturated rings. The molecule has 6 heteroatoms. The van der Waals surface area contributed by atoms with Crippen LogP contribution in [0.1, 0.15) is 12.0 Å². The Bertz CT molecular complexity index is 454. The molecular formula is C10H7F2NO3. The highest BCUT2D eigenvalue weighted by Crippen LogP contribution is 2.22. The van der Waals surface area contributed by atoms with Gasteiger partial charge in [0.2, 0.25) is 11.6 Å². The van der Waals surface area contributed by atoms with Gasteiger partial charge in [0.15, 0.2) is 0 Å². The fourth-order valence-corrected chi connectivity index (χ4v) is 1.03. The number of hydrogen-bond donors (Lipinski definition) is 1. The van der Waals surface area contributed by atoms with E-state index in [-0.39, 0.29) is 18.6 Å². The molecule has 1 aromatic rings. The van der Waals surface area contributed by atoms with Crippen molar-refractivity contribution >= 4 is 5.69 Å². The molecule has 0 radical (unpaired) electrons. The molecule has 16 heavy (non-hydrogen) atoms. The number of hydrogen-bond acceptors (Lipinski definition) is 3. The maximum Gasteiger partial charge on any atom is 0.340 e. The van der Waals surface area contributed by atoms with Crippen LogP contribution in [0.3, 0.4) is 0 Å². The average molecular weight is 227 g/mol. The van der Waals surface area contributed by atoms with Gasteiger partial charge in [-0.05, 0) is 12.1 Å². The van der Waals surface area contributed by atoms with Crippen molar-refractivity contribution in [2.75, 3.05) is 6.61 Å². The molecule has 1 rings (SSSR count). The Morgan fingerprint density at radius 1 is 1.38 bits per heavy atom. The van der Waals surface area contributed by atoms with Gasteiger partial charge >= 0.3 is 5.69 Å². The highest BCUT2D eigenvalue weighted by molar-refractivity contribution is 5.43. The van der Waals surface area contributed by atoms with E-state index in [4.69, 9.17) is 5.11 Å². The molecule has 0 aliphatic carbocycles. The topological polar surface area (TPSA) is 63.4 Å². The third kappa shape index (κ3) is 2.74. The van der Waals surface area contributed by atoms with Crippen LogP contribution in [0, 0.1) is 33.6 Å². The largest absolute Gasteiger partial charge is 0.395 e. The Morgan fingerprint density at radius 2 is 1.94 bits per heavy atom. The Kier molecular flexibility index (Phi) is 3.91. The average Bonchev–Trinajstić information content (AvgIpc) is 2.16. The van der Waals surface area contributed by atoms with E-state index >= 15 is 0 Å². The van der Waals surface area contributed by atoms with Crippen molar-refractivity contribution in [1.82, 2.24) is 0 Å². The predicted molar refractivity (Wildman–Crippen MR) is 51.6 cm³/mol. The van der Waals surface area contributed by atoms with Gasteiger partial charge in [-0.1, -0.05) is 11.8 Å². The second-order valence-electron chi connectivity index (χ2n) is 2.82. The van der Waals surface area contributed by atoms with Gasteiger partial charge in [0.1, 0.15) is 0 Å². The van der Waals surface area contributed by atoms with Crippen molar-refractivity contribution < 1.29 is 18.8 Å². The van der Waals surface area contributed by atoms with Crippen LogP contribution in [0.15, 0.2) is 12.1 Å². The molecule has 0 aromatic heterocycles. The Morgan fingerprint density at radius 3 is 2.38 bits per heavy atom. The maximum absolute atomic E-state index is 13.1. The van der Waals surface area contributed by atoms with E-state index in [0.717, 1.165) is 12.1 Å². The first kappa shape index (κ1) is 12.1. The number of nitro benzene ring substituents is 1. The molecular weight excluding hydrogens is 220 g/mol. The Balaban J connectivity index is 3.11. The molecule has 4 nitrogen and oxygen atoms in total. The molecule has 1 N–H and O–H groups in total. The molecule has 0 unspecified atom stereocenters. The van der Waals surface area contributed by atoms with Gasteiger partial charge in [0, 0.05) is 12.0 Å². The monoisotopic (exact) mass is 227 g/mol. The van der Waals surface area contributed by atoms with Crippen LogP contribution in [0.2, 0.25) is 0 Å². The number of nitrogens with zero attached hydrogens (tertiary/aromatic N) is 1. The SMILES string of the molecule is O=[N+]([O-])c1c(F)cc(C#CCCO)cc1F. The highest BCUT2D eigenvalue weighted by Gasteiger charge is 2.21. The summed E-state index contributed by atoms with van der Waals surface area (Å²) in [5.74, 6) is 2.30. The lowest BCUT2D eigenvalue weighted by molar-refractivity contribution is -0.390. The summed E-state index contributed by atoms with van der Waals surface area (Å²) in [6.07, 6.45) is 0.167. The van der Waals surface area contributed by atoms with Crippen LogP contribution < -0.4 is 0 Å². The zero-order valence-corrected chi connectivity index (χ0v) is 8.04. The van der Waals surface area contributed by atoms with Crippen molar-refractivity contribution in [1.29, 1.82) is 0 Å². The van der Waals surface area contributed by atoms with Gasteiger partial charge in [0.05, 0.1) is 11.5 Å². The summed E-state index contributed by atoms with van der Waals surface area (Å²) in [7, 11) is 0. The minimum Gasteiger partial charge on any atom is -0.395 e. The summed E-state index contributed by atoms with van der Waals surface area (Å²) < 4.78 is 26.1. The quantitative estimate of drug-likeness (QED) is 0.474. The molecule has 0 saturated carbocycles. The van der Waals surface area contributed by atoms with Gasteiger partial charge in [-0.2, -0.15) is 8.78 Å². The van der Waals surface area contributed by atoms with E-state index in [1.54, 1.807) is 0 Å². The summed E-state index contributed by atoms with van der Waals surface area (Å²) >= 11 is 0. The minimum atomic E-state index is -1.27. The minimum absolute atomic E-state index is 0.00551. The number of rotatable bonds is 2. The first-order valence-electron chi connectivity index (χ1n) is 4.29. The molecule has 1 aromatic carbocycles. The number of aliphatic hydroxyl groups is 1. The molecule has 0 bridgehead atoms. The van der Waals surface area contributed by atoms with Gasteiger partial charge in [-0.3, -0.25) is 10.1 Å². The second kappa shape index (κ2) is 5.19. The summed E-state index contributed by atoms with van der Waals surface area (Å²) in [6, 6.07) is 1.57. The standard InChI is InChI=1S/C10H7F2NO3/c11-8-5-7(3-1-2-4-14)6-9(12)10(8)13(15)16/h5-6,14H,2,4H2. The van der Waals surface area contributed by atoms with E-state index in [2.05, 4.69) is 11.8 Å². The molecule has 0 spiro atoms. The van der Waals surface area contributed by atoms with Gasteiger partial charge in [-0.25, -0.2) is 0 Å². The number of benzene rings is 1. The second-order valence-corrected chi connectivity index (χ2v) is 2.82. The fraction of sp³-hybridized carbons (Fsp3) is 0.200. The molecule has 0 amide bonds. The fourth-order valence-electron chi connectivity index (χ4n) is 1.03. The van der Waals surface area contributed by atoms with Gasteiger partial charge in [0.25, 0.3) is 0 Å². The lowest BCUT2D eigenvalue weighted by Crippen LogP contribution is -1.97. The molecule has 84 valence electrons. The lowest BCUT2D eigenvalue weighted by Gasteiger charge is -1.96. The molecule has 0 atom stereocenters. The third-order valence-corrected chi connectivity index (χ3v) is 1.67. The van der Waals surface area contributed by atoms with E-state index < -0.39 is 22.2 Å². The van der Waals surface area contributed by atoms with Crippen LogP contribution in [-0.2, 0) is 0 Å².